The summed E-state index contributed by atoms with van der Waals surface area (Å²) in [6.07, 6.45) is 1.99. The van der Waals surface area contributed by atoms with Crippen LogP contribution < -0.4 is 11.3 Å². The first kappa shape index (κ1) is 13.1. The molecule has 1 atom stereocenters. The summed E-state index contributed by atoms with van der Waals surface area (Å²) in [6.45, 7) is 1.84. The first-order valence-electron chi connectivity index (χ1n) is 5.56. The molecule has 96 valence electrons. The molecule has 1 aromatic carbocycles. The molecule has 0 fully saturated rings. The molecule has 1 heterocycles. The summed E-state index contributed by atoms with van der Waals surface area (Å²) in [4.78, 5) is 0. The third-order valence-electron chi connectivity index (χ3n) is 2.91. The zero-order valence-electron chi connectivity index (χ0n) is 9.91. The van der Waals surface area contributed by atoms with E-state index in [-0.39, 0.29) is 11.9 Å². The molecule has 0 aliphatic carbocycles. The standard InChI is InChI=1S/C13H14ClFN2O/c1-8-11(4-5-18-8)13(17-16)7-9-6-10(14)2-3-12(9)15/h2-6,13,17H,7,16H2,1H3. The van der Waals surface area contributed by atoms with Gasteiger partial charge < -0.3 is 4.42 Å². The molecule has 0 radical (unpaired) electrons. The quantitative estimate of drug-likeness (QED) is 0.662. The van der Waals surface area contributed by atoms with Crippen molar-refractivity contribution >= 4 is 11.6 Å². The number of hydrazine groups is 1. The van der Waals surface area contributed by atoms with Gasteiger partial charge in [-0.25, -0.2) is 4.39 Å². The Hall–Kier alpha value is -1.36. The number of aryl methyl sites for hydroxylation is 1. The molecule has 2 rings (SSSR count). The van der Waals surface area contributed by atoms with Crippen LogP contribution in [0.1, 0.15) is 22.9 Å². The second-order valence-corrected chi connectivity index (χ2v) is 4.53. The van der Waals surface area contributed by atoms with Crippen LogP contribution in [0.2, 0.25) is 5.02 Å². The molecular weight excluding hydrogens is 255 g/mol. The fraction of sp³-hybridized carbons (Fsp3) is 0.231. The maximum atomic E-state index is 13.7. The topological polar surface area (TPSA) is 51.2 Å². The molecule has 3 nitrogen and oxygen atoms in total. The fourth-order valence-corrected chi connectivity index (χ4v) is 2.13. The summed E-state index contributed by atoms with van der Waals surface area (Å²) in [5, 5.41) is 0.506. The molecule has 3 N–H and O–H groups in total. The lowest BCUT2D eigenvalue weighted by atomic mass is 9.99. The fourth-order valence-electron chi connectivity index (χ4n) is 1.93. The van der Waals surface area contributed by atoms with E-state index >= 15 is 0 Å². The molecule has 0 saturated heterocycles. The van der Waals surface area contributed by atoms with Crippen LogP contribution in [0, 0.1) is 12.7 Å². The van der Waals surface area contributed by atoms with Crippen LogP contribution in [0.15, 0.2) is 34.9 Å². The van der Waals surface area contributed by atoms with Gasteiger partial charge in [-0.1, -0.05) is 11.6 Å². The summed E-state index contributed by atoms with van der Waals surface area (Å²) >= 11 is 5.86. The highest BCUT2D eigenvalue weighted by Crippen LogP contribution is 2.24. The molecular formula is C13H14ClFN2O. The zero-order valence-corrected chi connectivity index (χ0v) is 10.7. The van der Waals surface area contributed by atoms with Crippen molar-refractivity contribution in [1.82, 2.24) is 5.43 Å². The van der Waals surface area contributed by atoms with Crippen molar-refractivity contribution in [3.05, 3.63) is 58.3 Å². The number of hydrogen-bond donors (Lipinski definition) is 2. The number of nitrogens with one attached hydrogen (secondary N) is 1. The van der Waals surface area contributed by atoms with Gasteiger partial charge in [-0.3, -0.25) is 11.3 Å². The number of rotatable bonds is 4. The Kier molecular flexibility index (Phi) is 4.01. The van der Waals surface area contributed by atoms with Crippen molar-refractivity contribution in [2.24, 2.45) is 5.84 Å². The van der Waals surface area contributed by atoms with Gasteiger partial charge in [0.1, 0.15) is 11.6 Å². The van der Waals surface area contributed by atoms with E-state index < -0.39 is 0 Å². The highest BCUT2D eigenvalue weighted by atomic mass is 35.5. The van der Waals surface area contributed by atoms with E-state index in [0.29, 0.717) is 17.0 Å². The predicted molar refractivity (Wildman–Crippen MR) is 68.6 cm³/mol. The minimum Gasteiger partial charge on any atom is -0.469 e. The van der Waals surface area contributed by atoms with Crippen molar-refractivity contribution in [1.29, 1.82) is 0 Å². The zero-order chi connectivity index (χ0) is 13.1. The molecule has 0 bridgehead atoms. The molecule has 1 unspecified atom stereocenters. The van der Waals surface area contributed by atoms with Gasteiger partial charge in [-0.05, 0) is 43.2 Å². The summed E-state index contributed by atoms with van der Waals surface area (Å²) < 4.78 is 18.9. The second-order valence-electron chi connectivity index (χ2n) is 4.09. The van der Waals surface area contributed by atoms with Gasteiger partial charge in [0.2, 0.25) is 0 Å². The minimum absolute atomic E-state index is 0.211. The lowest BCUT2D eigenvalue weighted by Gasteiger charge is -2.16. The molecule has 0 spiro atoms. The Morgan fingerprint density at radius 2 is 2.22 bits per heavy atom. The predicted octanol–water partition coefficient (Wildman–Crippen LogP) is 3.13. The molecule has 0 amide bonds. The van der Waals surface area contributed by atoms with Crippen LogP contribution in [0.4, 0.5) is 4.39 Å². The molecule has 2 aromatic rings. The number of halogens is 2. The highest BCUT2D eigenvalue weighted by Gasteiger charge is 2.17. The van der Waals surface area contributed by atoms with E-state index in [4.69, 9.17) is 21.9 Å². The summed E-state index contributed by atoms with van der Waals surface area (Å²) in [6, 6.07) is 6.09. The number of furan rings is 1. The van der Waals surface area contributed by atoms with Crippen LogP contribution in [0.25, 0.3) is 0 Å². The smallest absolute Gasteiger partial charge is 0.126 e. The minimum atomic E-state index is -0.291. The van der Waals surface area contributed by atoms with Crippen molar-refractivity contribution in [2.75, 3.05) is 0 Å². The first-order valence-corrected chi connectivity index (χ1v) is 5.93. The second kappa shape index (κ2) is 5.52. The van der Waals surface area contributed by atoms with E-state index in [1.807, 2.05) is 13.0 Å². The SMILES string of the molecule is Cc1occc1C(Cc1cc(Cl)ccc1F)NN. The maximum absolute atomic E-state index is 13.7. The first-order chi connectivity index (χ1) is 8.61. The number of nitrogens with two attached hydrogens (primary N) is 1. The van der Waals surface area contributed by atoms with E-state index in [9.17, 15) is 4.39 Å². The third-order valence-corrected chi connectivity index (χ3v) is 3.14. The van der Waals surface area contributed by atoms with E-state index in [1.165, 1.54) is 12.1 Å². The van der Waals surface area contributed by atoms with Gasteiger partial charge >= 0.3 is 0 Å². The largest absolute Gasteiger partial charge is 0.469 e. The molecule has 0 saturated carbocycles. The van der Waals surface area contributed by atoms with Crippen LogP contribution in [-0.4, -0.2) is 0 Å². The molecule has 0 aliphatic heterocycles. The van der Waals surface area contributed by atoms with E-state index in [0.717, 1.165) is 11.3 Å². The monoisotopic (exact) mass is 268 g/mol. The normalized spacial score (nSPS) is 12.7. The number of hydrogen-bond acceptors (Lipinski definition) is 3. The Balaban J connectivity index is 2.26. The van der Waals surface area contributed by atoms with Crippen LogP contribution in [0.3, 0.4) is 0 Å². The maximum Gasteiger partial charge on any atom is 0.126 e. The molecule has 0 aliphatic rings. The van der Waals surface area contributed by atoms with Gasteiger partial charge in [0, 0.05) is 10.6 Å². The van der Waals surface area contributed by atoms with Gasteiger partial charge in [0.05, 0.1) is 12.3 Å². The van der Waals surface area contributed by atoms with Crippen LogP contribution >= 0.6 is 11.6 Å². The Labute approximate surface area is 110 Å². The third kappa shape index (κ3) is 2.72. The summed E-state index contributed by atoms with van der Waals surface area (Å²) in [7, 11) is 0. The Morgan fingerprint density at radius 1 is 1.44 bits per heavy atom. The Bertz CT molecular complexity index is 542. The van der Waals surface area contributed by atoms with Crippen molar-refractivity contribution in [2.45, 2.75) is 19.4 Å². The molecule has 5 heteroatoms. The lowest BCUT2D eigenvalue weighted by molar-refractivity contribution is 0.495. The average molecular weight is 269 g/mol. The van der Waals surface area contributed by atoms with Gasteiger partial charge in [-0.2, -0.15) is 0 Å². The van der Waals surface area contributed by atoms with E-state index in [1.54, 1.807) is 12.3 Å². The van der Waals surface area contributed by atoms with Gasteiger partial charge in [-0.15, -0.1) is 0 Å². The van der Waals surface area contributed by atoms with Crippen LogP contribution in [0.5, 0.6) is 0 Å². The molecule has 18 heavy (non-hydrogen) atoms. The number of benzene rings is 1. The van der Waals surface area contributed by atoms with Crippen molar-refractivity contribution < 1.29 is 8.81 Å². The lowest BCUT2D eigenvalue weighted by Crippen LogP contribution is -2.30. The van der Waals surface area contributed by atoms with Crippen molar-refractivity contribution in [3.63, 3.8) is 0 Å². The van der Waals surface area contributed by atoms with Gasteiger partial charge in [0.25, 0.3) is 0 Å². The summed E-state index contributed by atoms with van der Waals surface area (Å²) in [5.41, 5.74) is 4.10. The Morgan fingerprint density at radius 3 is 2.83 bits per heavy atom. The van der Waals surface area contributed by atoms with Crippen molar-refractivity contribution in [3.8, 4) is 0 Å². The highest BCUT2D eigenvalue weighted by molar-refractivity contribution is 6.30. The molecule has 1 aromatic heterocycles. The van der Waals surface area contributed by atoms with Crippen LogP contribution in [-0.2, 0) is 6.42 Å². The average Bonchev–Trinajstić information content (AvgIpc) is 2.77. The summed E-state index contributed by atoms with van der Waals surface area (Å²) in [5.74, 6) is 6.00. The van der Waals surface area contributed by atoms with E-state index in [2.05, 4.69) is 5.43 Å². The van der Waals surface area contributed by atoms with Gasteiger partial charge in [0.15, 0.2) is 0 Å².